The molecule has 7 heteroatoms. The summed E-state index contributed by atoms with van der Waals surface area (Å²) in [6.45, 7) is -0.295. The number of hydrogen-bond acceptors (Lipinski definition) is 4. The average molecular weight is 405 g/mol. The van der Waals surface area contributed by atoms with Crippen LogP contribution in [0.1, 0.15) is 38.5 Å². The Hall–Kier alpha value is -3.35. The second-order valence-electron chi connectivity index (χ2n) is 8.18. The van der Waals surface area contributed by atoms with Gasteiger partial charge in [0.05, 0.1) is 0 Å². The molecule has 30 heavy (non-hydrogen) atoms. The first-order chi connectivity index (χ1) is 14.6. The standard InChI is InChI=1S/C23H23N3O4/c27-20(14-26-21(28)23(25-22(26)29)11-5-1-2-6-12-23)24-15-9-10-19-17(13-15)16-7-3-4-8-18(16)30-19/h3-4,7-10,13H,1-2,5-6,11-12,14H2,(H,24,27)(H,25,29). The van der Waals surface area contributed by atoms with Gasteiger partial charge in [-0.15, -0.1) is 0 Å². The van der Waals surface area contributed by atoms with Gasteiger partial charge < -0.3 is 15.1 Å². The van der Waals surface area contributed by atoms with Crippen molar-refractivity contribution < 1.29 is 18.8 Å². The molecule has 2 heterocycles. The molecule has 1 saturated heterocycles. The van der Waals surface area contributed by atoms with Gasteiger partial charge in [0.25, 0.3) is 5.91 Å². The van der Waals surface area contributed by atoms with Crippen LogP contribution in [0.15, 0.2) is 46.9 Å². The summed E-state index contributed by atoms with van der Waals surface area (Å²) in [5.41, 5.74) is 1.28. The van der Waals surface area contributed by atoms with Crippen LogP contribution in [0, 0.1) is 0 Å². The fourth-order valence-corrected chi connectivity index (χ4v) is 4.64. The predicted octanol–water partition coefficient (Wildman–Crippen LogP) is 4.17. The number of nitrogens with one attached hydrogen (secondary N) is 2. The highest BCUT2D eigenvalue weighted by atomic mass is 16.3. The highest BCUT2D eigenvalue weighted by Crippen LogP contribution is 2.33. The van der Waals surface area contributed by atoms with E-state index in [1.807, 2.05) is 30.3 Å². The molecule has 0 atom stereocenters. The summed E-state index contributed by atoms with van der Waals surface area (Å²) in [5, 5.41) is 7.53. The van der Waals surface area contributed by atoms with Crippen LogP contribution in [0.5, 0.6) is 0 Å². The number of furan rings is 1. The summed E-state index contributed by atoms with van der Waals surface area (Å²) in [5.74, 6) is -0.683. The average Bonchev–Trinajstić information content (AvgIpc) is 3.07. The van der Waals surface area contributed by atoms with Crippen LogP contribution in [0.3, 0.4) is 0 Å². The Bertz CT molecular complexity index is 1160. The van der Waals surface area contributed by atoms with E-state index in [2.05, 4.69) is 10.6 Å². The molecule has 2 fully saturated rings. The number of carbonyl (C=O) groups excluding carboxylic acids is 3. The van der Waals surface area contributed by atoms with Crippen molar-refractivity contribution >= 4 is 45.5 Å². The van der Waals surface area contributed by atoms with Crippen molar-refractivity contribution in [2.45, 2.75) is 44.1 Å². The van der Waals surface area contributed by atoms with Crippen molar-refractivity contribution in [1.82, 2.24) is 10.2 Å². The van der Waals surface area contributed by atoms with Crippen molar-refractivity contribution in [3.63, 3.8) is 0 Å². The molecule has 7 nitrogen and oxygen atoms in total. The summed E-state index contributed by atoms with van der Waals surface area (Å²) in [4.78, 5) is 39.1. The number of para-hydroxylation sites is 1. The molecule has 1 aliphatic heterocycles. The van der Waals surface area contributed by atoms with Gasteiger partial charge >= 0.3 is 6.03 Å². The Kier molecular flexibility index (Phi) is 4.46. The lowest BCUT2D eigenvalue weighted by atomic mass is 9.90. The van der Waals surface area contributed by atoms with Gasteiger partial charge in [0.1, 0.15) is 23.2 Å². The number of amides is 4. The van der Waals surface area contributed by atoms with E-state index >= 15 is 0 Å². The van der Waals surface area contributed by atoms with Gasteiger partial charge in [0.2, 0.25) is 5.91 Å². The number of anilines is 1. The van der Waals surface area contributed by atoms with Gasteiger partial charge in [-0.3, -0.25) is 14.5 Å². The van der Waals surface area contributed by atoms with E-state index < -0.39 is 17.5 Å². The second-order valence-corrected chi connectivity index (χ2v) is 8.18. The molecule has 1 spiro atoms. The number of fused-ring (bicyclic) bond motifs is 3. The minimum absolute atomic E-state index is 0.277. The zero-order chi connectivity index (χ0) is 20.7. The largest absolute Gasteiger partial charge is 0.456 e. The maximum atomic E-state index is 13.0. The third-order valence-corrected chi connectivity index (χ3v) is 6.17. The van der Waals surface area contributed by atoms with E-state index in [-0.39, 0.29) is 12.5 Å². The predicted molar refractivity (Wildman–Crippen MR) is 113 cm³/mol. The number of carbonyl (C=O) groups is 3. The number of benzene rings is 2. The van der Waals surface area contributed by atoms with Crippen LogP contribution >= 0.6 is 0 Å². The molecule has 2 N–H and O–H groups in total. The Labute approximate surface area is 173 Å². The molecule has 1 aromatic heterocycles. The molecule has 0 bridgehead atoms. The van der Waals surface area contributed by atoms with E-state index in [0.717, 1.165) is 52.5 Å². The van der Waals surface area contributed by atoms with Gasteiger partial charge in [-0.05, 0) is 37.1 Å². The van der Waals surface area contributed by atoms with E-state index in [4.69, 9.17) is 4.42 Å². The molecule has 4 amide bonds. The van der Waals surface area contributed by atoms with Gasteiger partial charge in [-0.1, -0.05) is 43.9 Å². The third kappa shape index (κ3) is 3.10. The Balaban J connectivity index is 1.33. The lowest BCUT2D eigenvalue weighted by Crippen LogP contribution is -2.47. The number of imide groups is 1. The van der Waals surface area contributed by atoms with Crippen LogP contribution in [0.2, 0.25) is 0 Å². The molecule has 1 saturated carbocycles. The molecule has 2 aliphatic rings. The molecule has 5 rings (SSSR count). The van der Waals surface area contributed by atoms with E-state index in [9.17, 15) is 14.4 Å². The third-order valence-electron chi connectivity index (χ3n) is 6.17. The molecule has 2 aromatic carbocycles. The molecule has 1 aliphatic carbocycles. The van der Waals surface area contributed by atoms with Gasteiger partial charge in [0, 0.05) is 16.5 Å². The summed E-state index contributed by atoms with van der Waals surface area (Å²) >= 11 is 0. The Morgan fingerprint density at radius 2 is 1.73 bits per heavy atom. The van der Waals surface area contributed by atoms with Gasteiger partial charge in [-0.2, -0.15) is 0 Å². The lowest BCUT2D eigenvalue weighted by Gasteiger charge is -2.24. The van der Waals surface area contributed by atoms with Crippen molar-refractivity contribution in [3.05, 3.63) is 42.5 Å². The van der Waals surface area contributed by atoms with Gasteiger partial charge in [0.15, 0.2) is 0 Å². The zero-order valence-electron chi connectivity index (χ0n) is 16.6. The van der Waals surface area contributed by atoms with Crippen LogP contribution < -0.4 is 10.6 Å². The highest BCUT2D eigenvalue weighted by Gasteiger charge is 2.51. The smallest absolute Gasteiger partial charge is 0.325 e. The molecular formula is C23H23N3O4. The van der Waals surface area contributed by atoms with Crippen LogP contribution in [0.25, 0.3) is 21.9 Å². The SMILES string of the molecule is O=C(CN1C(=O)NC2(CCCCCC2)C1=O)Nc1ccc2oc3ccccc3c2c1. The van der Waals surface area contributed by atoms with E-state index in [0.29, 0.717) is 18.5 Å². The first kappa shape index (κ1) is 18.7. The van der Waals surface area contributed by atoms with Crippen molar-refractivity contribution in [2.24, 2.45) is 0 Å². The summed E-state index contributed by atoms with van der Waals surface area (Å²) in [6.07, 6.45) is 5.22. The topological polar surface area (TPSA) is 91.7 Å². The first-order valence-electron chi connectivity index (χ1n) is 10.4. The number of hydrogen-bond donors (Lipinski definition) is 2. The monoisotopic (exact) mass is 405 g/mol. The number of rotatable bonds is 3. The Morgan fingerprint density at radius 1 is 1.00 bits per heavy atom. The van der Waals surface area contributed by atoms with Gasteiger partial charge in [-0.25, -0.2) is 4.79 Å². The number of urea groups is 1. The van der Waals surface area contributed by atoms with Crippen molar-refractivity contribution in [3.8, 4) is 0 Å². The Morgan fingerprint density at radius 3 is 2.53 bits per heavy atom. The molecule has 3 aromatic rings. The van der Waals surface area contributed by atoms with E-state index in [1.54, 1.807) is 12.1 Å². The molecular weight excluding hydrogens is 382 g/mol. The molecule has 154 valence electrons. The highest BCUT2D eigenvalue weighted by molar-refractivity contribution is 6.11. The fourth-order valence-electron chi connectivity index (χ4n) is 4.64. The quantitative estimate of drug-likeness (QED) is 0.640. The number of nitrogens with zero attached hydrogens (tertiary/aromatic N) is 1. The normalized spacial score (nSPS) is 18.7. The minimum Gasteiger partial charge on any atom is -0.456 e. The van der Waals surface area contributed by atoms with Crippen LogP contribution in [-0.4, -0.2) is 34.8 Å². The fraction of sp³-hybridized carbons (Fsp3) is 0.348. The minimum atomic E-state index is -0.831. The molecule has 0 unspecified atom stereocenters. The zero-order valence-corrected chi connectivity index (χ0v) is 16.6. The van der Waals surface area contributed by atoms with Crippen molar-refractivity contribution in [1.29, 1.82) is 0 Å². The summed E-state index contributed by atoms with van der Waals surface area (Å²) < 4.78 is 5.80. The summed E-state index contributed by atoms with van der Waals surface area (Å²) in [7, 11) is 0. The maximum Gasteiger partial charge on any atom is 0.325 e. The first-order valence-corrected chi connectivity index (χ1v) is 10.4. The van der Waals surface area contributed by atoms with Crippen molar-refractivity contribution in [2.75, 3.05) is 11.9 Å². The second kappa shape index (κ2) is 7.16. The summed E-state index contributed by atoms with van der Waals surface area (Å²) in [6, 6.07) is 12.6. The molecule has 0 radical (unpaired) electrons. The maximum absolute atomic E-state index is 13.0. The van der Waals surface area contributed by atoms with Crippen LogP contribution in [0.4, 0.5) is 10.5 Å². The van der Waals surface area contributed by atoms with E-state index in [1.165, 1.54) is 0 Å². The van der Waals surface area contributed by atoms with Crippen LogP contribution in [-0.2, 0) is 9.59 Å². The lowest BCUT2D eigenvalue weighted by molar-refractivity contribution is -0.134.